The first-order valence-corrected chi connectivity index (χ1v) is 13.3. The van der Waals surface area contributed by atoms with Gasteiger partial charge in [-0.25, -0.2) is 0 Å². The maximum Gasteiger partial charge on any atom is 0.139 e. The number of hydrogen-bond donors (Lipinski definition) is 0. The van der Waals surface area contributed by atoms with Gasteiger partial charge in [-0.3, -0.25) is 13.3 Å². The maximum atomic E-state index is 14.1. The highest BCUT2D eigenvalue weighted by Crippen LogP contribution is 2.35. The van der Waals surface area contributed by atoms with Crippen LogP contribution >= 0.6 is 0 Å². The largest absolute Gasteiger partial charge is 0.379 e. The molecule has 168 valence electrons. The predicted molar refractivity (Wildman–Crippen MR) is 131 cm³/mol. The Morgan fingerprint density at radius 1 is 0.719 bits per heavy atom. The van der Waals surface area contributed by atoms with Gasteiger partial charge in [0.1, 0.15) is 4.58 Å². The lowest BCUT2D eigenvalue weighted by molar-refractivity contribution is 0.0190. The highest BCUT2D eigenvalue weighted by atomic mass is 32.2. The molecule has 0 saturated carbocycles. The van der Waals surface area contributed by atoms with E-state index < -0.39 is 26.2 Å². The molecule has 1 aliphatic heterocycles. The number of nitrogens with zero attached hydrogens (tertiary/aromatic N) is 1. The molecule has 3 atom stereocenters. The van der Waals surface area contributed by atoms with Gasteiger partial charge in [0.2, 0.25) is 0 Å². The van der Waals surface area contributed by atoms with Gasteiger partial charge >= 0.3 is 0 Å². The Morgan fingerprint density at radius 3 is 1.66 bits per heavy atom. The molecule has 0 N–H and O–H groups in total. The molecule has 4 rings (SSSR count). The van der Waals surface area contributed by atoms with Crippen LogP contribution in [0, 0.1) is 13.8 Å². The quantitative estimate of drug-likeness (QED) is 0.509. The Morgan fingerprint density at radius 2 is 1.19 bits per heavy atom. The molecule has 32 heavy (non-hydrogen) atoms. The van der Waals surface area contributed by atoms with Crippen molar-refractivity contribution < 1.29 is 13.2 Å². The van der Waals surface area contributed by atoms with E-state index >= 15 is 0 Å². The molecule has 1 aliphatic rings. The first-order valence-electron chi connectivity index (χ1n) is 10.9. The van der Waals surface area contributed by atoms with Crippen LogP contribution in [0.3, 0.4) is 0 Å². The van der Waals surface area contributed by atoms with Crippen molar-refractivity contribution in [2.24, 2.45) is 0 Å². The van der Waals surface area contributed by atoms with Crippen molar-refractivity contribution in [2.45, 2.75) is 34.3 Å². The highest BCUT2D eigenvalue weighted by molar-refractivity contribution is 8.03. The molecule has 4 nitrogen and oxygen atoms in total. The number of ether oxygens (including phenoxy) is 1. The van der Waals surface area contributed by atoms with Crippen LogP contribution < -0.4 is 0 Å². The highest BCUT2D eigenvalue weighted by Gasteiger charge is 2.39. The molecule has 0 amide bonds. The van der Waals surface area contributed by atoms with Gasteiger partial charge in [-0.05, 0) is 43.7 Å². The van der Waals surface area contributed by atoms with E-state index in [1.54, 1.807) is 0 Å². The monoisotopic (exact) mass is 467 g/mol. The molecule has 1 fully saturated rings. The average Bonchev–Trinajstić information content (AvgIpc) is 2.84. The first-order chi connectivity index (χ1) is 15.5. The van der Waals surface area contributed by atoms with E-state index in [-0.39, 0.29) is 6.04 Å². The van der Waals surface area contributed by atoms with Crippen molar-refractivity contribution in [3.63, 3.8) is 0 Å². The van der Waals surface area contributed by atoms with E-state index in [9.17, 15) is 8.42 Å². The van der Waals surface area contributed by atoms with Gasteiger partial charge in [-0.15, -0.1) is 0 Å². The van der Waals surface area contributed by atoms with Crippen molar-refractivity contribution in [3.8, 4) is 0 Å². The van der Waals surface area contributed by atoms with Gasteiger partial charge in [0.15, 0.2) is 0 Å². The number of rotatable bonds is 7. The normalized spacial score (nSPS) is 17.7. The summed E-state index contributed by atoms with van der Waals surface area (Å²) in [6.45, 7) is 6.68. The van der Waals surface area contributed by atoms with E-state index in [1.807, 2.05) is 92.7 Å². The lowest BCUT2D eigenvalue weighted by Crippen LogP contribution is -2.46. The van der Waals surface area contributed by atoms with Gasteiger partial charge in [0, 0.05) is 22.9 Å². The molecule has 3 aromatic carbocycles. The van der Waals surface area contributed by atoms with E-state index in [4.69, 9.17) is 4.74 Å². The minimum absolute atomic E-state index is 0.260. The number of aryl methyl sites for hydroxylation is 2. The Kier molecular flexibility index (Phi) is 7.68. The fourth-order valence-corrected chi connectivity index (χ4v) is 7.75. The summed E-state index contributed by atoms with van der Waals surface area (Å²) in [6, 6.07) is 25.2. The standard InChI is InChI=1S/C26H29NO3S2/c1-20-8-12-23(13-9-20)31(28)26(32(29)24-14-10-21(2)11-15-24)25(22-6-4-3-5-7-22)27-16-18-30-19-17-27/h3-15,25-26H,16-19H2,1-2H3/t25-,31-,32-/m0/s1. The van der Waals surface area contributed by atoms with Crippen LogP contribution in [0.4, 0.5) is 0 Å². The first kappa shape index (κ1) is 23.1. The van der Waals surface area contributed by atoms with Crippen LogP contribution in [0.25, 0.3) is 0 Å². The summed E-state index contributed by atoms with van der Waals surface area (Å²) in [6.07, 6.45) is 0. The summed E-state index contributed by atoms with van der Waals surface area (Å²) in [7, 11) is -2.96. The summed E-state index contributed by atoms with van der Waals surface area (Å²) < 4.78 is 33.1. The third-order valence-corrected chi connectivity index (χ3v) is 9.65. The van der Waals surface area contributed by atoms with Crippen LogP contribution in [-0.4, -0.2) is 44.2 Å². The third kappa shape index (κ3) is 5.26. The molecule has 0 aliphatic carbocycles. The zero-order chi connectivity index (χ0) is 22.5. The zero-order valence-corrected chi connectivity index (χ0v) is 20.1. The molecule has 3 aromatic rings. The number of hydrogen-bond acceptors (Lipinski definition) is 4. The summed E-state index contributed by atoms with van der Waals surface area (Å²) in [5.41, 5.74) is 3.24. The van der Waals surface area contributed by atoms with Crippen LogP contribution in [0.5, 0.6) is 0 Å². The number of morpholine rings is 1. The topological polar surface area (TPSA) is 46.6 Å². The molecule has 0 bridgehead atoms. The third-order valence-electron chi connectivity index (χ3n) is 5.77. The summed E-state index contributed by atoms with van der Waals surface area (Å²) in [5.74, 6) is 0. The molecular weight excluding hydrogens is 438 g/mol. The van der Waals surface area contributed by atoms with Crippen LogP contribution in [0.15, 0.2) is 88.7 Å². The molecule has 6 heteroatoms. The smallest absolute Gasteiger partial charge is 0.139 e. The molecule has 0 unspecified atom stereocenters. The van der Waals surface area contributed by atoms with Crippen molar-refractivity contribution in [1.29, 1.82) is 0 Å². The molecule has 1 saturated heterocycles. The van der Waals surface area contributed by atoms with Crippen molar-refractivity contribution in [1.82, 2.24) is 4.90 Å². The maximum absolute atomic E-state index is 14.1. The summed E-state index contributed by atoms with van der Waals surface area (Å²) in [4.78, 5) is 3.69. The van der Waals surface area contributed by atoms with Gasteiger partial charge in [-0.1, -0.05) is 65.7 Å². The fraction of sp³-hybridized carbons (Fsp3) is 0.308. The minimum Gasteiger partial charge on any atom is -0.379 e. The second-order valence-corrected chi connectivity index (χ2v) is 11.5. The second kappa shape index (κ2) is 10.7. The van der Waals surface area contributed by atoms with E-state index in [2.05, 4.69) is 4.90 Å². The van der Waals surface area contributed by atoms with E-state index in [0.29, 0.717) is 36.1 Å². The fourth-order valence-electron chi connectivity index (χ4n) is 3.97. The van der Waals surface area contributed by atoms with Gasteiger partial charge in [0.25, 0.3) is 0 Å². The predicted octanol–water partition coefficient (Wildman–Crippen LogP) is 4.62. The van der Waals surface area contributed by atoms with Gasteiger partial charge < -0.3 is 4.74 Å². The Hall–Kier alpha value is -2.12. The van der Waals surface area contributed by atoms with Crippen LogP contribution in [0.1, 0.15) is 22.7 Å². The van der Waals surface area contributed by atoms with Crippen LogP contribution in [0.2, 0.25) is 0 Å². The average molecular weight is 468 g/mol. The summed E-state index contributed by atoms with van der Waals surface area (Å²) >= 11 is 0. The second-order valence-electron chi connectivity index (χ2n) is 8.09. The van der Waals surface area contributed by atoms with Gasteiger partial charge in [0.05, 0.1) is 40.9 Å². The molecule has 0 radical (unpaired) electrons. The molecule has 0 spiro atoms. The molecular formula is C26H29NO3S2. The van der Waals surface area contributed by atoms with Crippen molar-refractivity contribution in [2.75, 3.05) is 26.3 Å². The lowest BCUT2D eigenvalue weighted by atomic mass is 10.1. The lowest BCUT2D eigenvalue weighted by Gasteiger charge is -2.38. The number of benzene rings is 3. The molecule has 0 aromatic heterocycles. The SMILES string of the molecule is Cc1ccc([S@](=O)C([C@H](c2ccccc2)N2CCOCC2)[S@@](=O)c2ccc(C)cc2)cc1. The van der Waals surface area contributed by atoms with E-state index in [1.165, 1.54) is 0 Å². The Labute approximate surface area is 195 Å². The summed E-state index contributed by atoms with van der Waals surface area (Å²) in [5, 5.41) is 0. The Bertz CT molecular complexity index is 1000. The van der Waals surface area contributed by atoms with E-state index in [0.717, 1.165) is 16.7 Å². The van der Waals surface area contributed by atoms with Gasteiger partial charge in [-0.2, -0.15) is 0 Å². The Balaban J connectivity index is 1.82. The van der Waals surface area contributed by atoms with Crippen molar-refractivity contribution in [3.05, 3.63) is 95.6 Å². The zero-order valence-electron chi connectivity index (χ0n) is 18.5. The molecule has 1 heterocycles. The minimum atomic E-state index is -1.48. The van der Waals surface area contributed by atoms with Crippen molar-refractivity contribution >= 4 is 21.6 Å². The van der Waals surface area contributed by atoms with Crippen LogP contribution in [-0.2, 0) is 26.3 Å².